The number of piperidine rings is 1. The number of anilines is 1. The molecule has 0 atom stereocenters. The van der Waals surface area contributed by atoms with Crippen LogP contribution in [-0.4, -0.2) is 40.0 Å². The lowest BCUT2D eigenvalue weighted by atomic mass is 10.0. The molecule has 0 saturated carbocycles. The number of hydrogen-bond donors (Lipinski definition) is 2. The number of fused-ring (bicyclic) bond motifs is 1. The van der Waals surface area contributed by atoms with Gasteiger partial charge in [-0.25, -0.2) is 8.42 Å². The van der Waals surface area contributed by atoms with Crippen molar-refractivity contribution < 1.29 is 13.2 Å². The Morgan fingerprint density at radius 1 is 1.07 bits per heavy atom. The van der Waals surface area contributed by atoms with E-state index in [0.717, 1.165) is 50.0 Å². The summed E-state index contributed by atoms with van der Waals surface area (Å²) in [6, 6.07) is 14.1. The number of carbonyl (C=O) groups is 1. The number of benzene rings is 2. The first-order chi connectivity index (χ1) is 13.6. The van der Waals surface area contributed by atoms with Crippen molar-refractivity contribution in [2.45, 2.75) is 36.6 Å². The van der Waals surface area contributed by atoms with Gasteiger partial charge in [0.25, 0.3) is 15.9 Å². The second kappa shape index (κ2) is 9.15. The van der Waals surface area contributed by atoms with Gasteiger partial charge in [0.05, 0.1) is 10.6 Å². The fraction of sp³-hybridized carbons (Fsp3) is 0.381. The number of para-hydroxylation sites is 1. The van der Waals surface area contributed by atoms with Crippen molar-refractivity contribution in [3.63, 3.8) is 0 Å². The van der Waals surface area contributed by atoms with E-state index >= 15 is 0 Å². The first-order valence-electron chi connectivity index (χ1n) is 9.78. The summed E-state index contributed by atoms with van der Waals surface area (Å²) in [5.41, 5.74) is 2.15. The highest BCUT2D eigenvalue weighted by Gasteiger charge is 2.29. The first-order valence-corrected chi connectivity index (χ1v) is 11.2. The van der Waals surface area contributed by atoms with E-state index in [0.29, 0.717) is 12.1 Å². The van der Waals surface area contributed by atoms with Crippen molar-refractivity contribution in [2.24, 2.45) is 0 Å². The average Bonchev–Trinajstić information content (AvgIpc) is 2.74. The second-order valence-corrected chi connectivity index (χ2v) is 9.20. The molecule has 1 fully saturated rings. The first kappa shape index (κ1) is 21.6. The van der Waals surface area contributed by atoms with Crippen LogP contribution in [0.4, 0.5) is 5.69 Å². The largest absolute Gasteiger partial charge is 0.349 e. The Kier molecular flexibility index (Phi) is 6.82. The number of aryl methyl sites for hydroxylation is 1. The summed E-state index contributed by atoms with van der Waals surface area (Å²) in [4.78, 5) is 12.8. The zero-order valence-corrected chi connectivity index (χ0v) is 17.8. The van der Waals surface area contributed by atoms with Gasteiger partial charge < -0.3 is 10.6 Å². The highest BCUT2D eigenvalue weighted by molar-refractivity contribution is 7.92. The van der Waals surface area contributed by atoms with Crippen LogP contribution in [-0.2, 0) is 16.4 Å². The van der Waals surface area contributed by atoms with E-state index in [2.05, 4.69) is 10.6 Å². The summed E-state index contributed by atoms with van der Waals surface area (Å²) < 4.78 is 28.1. The van der Waals surface area contributed by atoms with Gasteiger partial charge in [0.15, 0.2) is 0 Å². The summed E-state index contributed by atoms with van der Waals surface area (Å²) in [5.74, 6) is -0.219. The topological polar surface area (TPSA) is 78.5 Å². The third-order valence-corrected chi connectivity index (χ3v) is 7.24. The van der Waals surface area contributed by atoms with Gasteiger partial charge in [-0.2, -0.15) is 0 Å². The molecule has 2 aliphatic rings. The molecule has 0 bridgehead atoms. The van der Waals surface area contributed by atoms with E-state index in [4.69, 9.17) is 0 Å². The minimum atomic E-state index is -3.72. The molecule has 8 heteroatoms. The molecule has 0 unspecified atom stereocenters. The Morgan fingerprint density at radius 2 is 1.83 bits per heavy atom. The standard InChI is InChI=1S/C21H25N3O3S.ClH/c25-21(23-18-10-12-22-13-11-18)17-6-3-8-19(15-17)28(26,27)24-14-4-7-16-5-1-2-9-20(16)24;/h1-3,5-6,8-9,15,18,22H,4,7,10-14H2,(H,23,25);1H. The Balaban J connectivity index is 0.00000240. The van der Waals surface area contributed by atoms with Crippen molar-refractivity contribution in [1.82, 2.24) is 10.6 Å². The van der Waals surface area contributed by atoms with Crippen LogP contribution in [0.1, 0.15) is 35.2 Å². The number of nitrogens with zero attached hydrogens (tertiary/aromatic N) is 1. The molecule has 0 spiro atoms. The summed E-state index contributed by atoms with van der Waals surface area (Å²) in [6.45, 7) is 2.21. The van der Waals surface area contributed by atoms with E-state index in [1.165, 1.54) is 10.4 Å². The SMILES string of the molecule is Cl.O=C(NC1CCNCC1)c1cccc(S(=O)(=O)N2CCCc3ccccc32)c1. The van der Waals surface area contributed by atoms with Crippen LogP contribution >= 0.6 is 12.4 Å². The van der Waals surface area contributed by atoms with E-state index in [9.17, 15) is 13.2 Å². The fourth-order valence-corrected chi connectivity index (χ4v) is 5.50. The lowest BCUT2D eigenvalue weighted by Gasteiger charge is -2.30. The molecule has 6 nitrogen and oxygen atoms in total. The van der Waals surface area contributed by atoms with E-state index in [1.54, 1.807) is 18.2 Å². The Hall–Kier alpha value is -2.09. The number of rotatable bonds is 4. The summed E-state index contributed by atoms with van der Waals surface area (Å²) >= 11 is 0. The van der Waals surface area contributed by atoms with Crippen LogP contribution < -0.4 is 14.9 Å². The average molecular weight is 436 g/mol. The number of sulfonamides is 1. The minimum Gasteiger partial charge on any atom is -0.349 e. The summed E-state index contributed by atoms with van der Waals surface area (Å²) in [5, 5.41) is 6.29. The molecular formula is C21H26ClN3O3S. The van der Waals surface area contributed by atoms with Gasteiger partial charge in [-0.1, -0.05) is 24.3 Å². The van der Waals surface area contributed by atoms with Crippen LogP contribution in [0, 0.1) is 0 Å². The molecule has 156 valence electrons. The molecule has 2 N–H and O–H groups in total. The lowest BCUT2D eigenvalue weighted by Crippen LogP contribution is -2.42. The van der Waals surface area contributed by atoms with E-state index in [1.807, 2.05) is 24.3 Å². The smallest absolute Gasteiger partial charge is 0.264 e. The summed E-state index contributed by atoms with van der Waals surface area (Å²) in [7, 11) is -3.72. The third-order valence-electron chi connectivity index (χ3n) is 5.43. The van der Waals surface area contributed by atoms with Crippen molar-refractivity contribution in [3.05, 3.63) is 59.7 Å². The molecule has 1 amide bonds. The highest BCUT2D eigenvalue weighted by atomic mass is 35.5. The molecular weight excluding hydrogens is 410 g/mol. The predicted octanol–water partition coefficient (Wildman–Crippen LogP) is 2.73. The van der Waals surface area contributed by atoms with Crippen molar-refractivity contribution >= 4 is 34.0 Å². The number of hydrogen-bond acceptors (Lipinski definition) is 4. The van der Waals surface area contributed by atoms with Gasteiger partial charge in [0, 0.05) is 18.2 Å². The maximum absolute atomic E-state index is 13.3. The lowest BCUT2D eigenvalue weighted by molar-refractivity contribution is 0.0929. The van der Waals surface area contributed by atoms with Gasteiger partial charge >= 0.3 is 0 Å². The highest BCUT2D eigenvalue weighted by Crippen LogP contribution is 2.31. The number of amides is 1. The molecule has 2 heterocycles. The third kappa shape index (κ3) is 4.57. The normalized spacial score (nSPS) is 17.2. The zero-order chi connectivity index (χ0) is 19.6. The number of carbonyl (C=O) groups excluding carboxylic acids is 1. The van der Waals surface area contributed by atoms with Gasteiger partial charge in [0.1, 0.15) is 0 Å². The zero-order valence-electron chi connectivity index (χ0n) is 16.1. The molecule has 0 aliphatic carbocycles. The molecule has 0 radical (unpaired) electrons. The molecule has 2 aliphatic heterocycles. The minimum absolute atomic E-state index is 0. The quantitative estimate of drug-likeness (QED) is 0.774. The molecule has 1 saturated heterocycles. The predicted molar refractivity (Wildman–Crippen MR) is 116 cm³/mol. The molecule has 4 rings (SSSR count). The van der Waals surface area contributed by atoms with Gasteiger partial charge in [-0.3, -0.25) is 9.10 Å². The monoisotopic (exact) mass is 435 g/mol. The van der Waals surface area contributed by atoms with Crippen LogP contribution in [0.15, 0.2) is 53.4 Å². The van der Waals surface area contributed by atoms with Crippen molar-refractivity contribution in [3.8, 4) is 0 Å². The van der Waals surface area contributed by atoms with Gasteiger partial charge in [-0.05, 0) is 68.6 Å². The van der Waals surface area contributed by atoms with Gasteiger partial charge in [-0.15, -0.1) is 12.4 Å². The fourth-order valence-electron chi connectivity index (χ4n) is 3.91. The van der Waals surface area contributed by atoms with Crippen LogP contribution in [0.5, 0.6) is 0 Å². The number of nitrogens with one attached hydrogen (secondary N) is 2. The van der Waals surface area contributed by atoms with Crippen LogP contribution in [0.25, 0.3) is 0 Å². The molecule has 2 aromatic carbocycles. The number of halogens is 1. The van der Waals surface area contributed by atoms with Crippen molar-refractivity contribution in [1.29, 1.82) is 0 Å². The van der Waals surface area contributed by atoms with Crippen LogP contribution in [0.2, 0.25) is 0 Å². The second-order valence-electron chi connectivity index (χ2n) is 7.34. The van der Waals surface area contributed by atoms with E-state index < -0.39 is 10.0 Å². The Morgan fingerprint density at radius 3 is 2.62 bits per heavy atom. The Bertz CT molecular complexity index is 975. The molecule has 29 heavy (non-hydrogen) atoms. The van der Waals surface area contributed by atoms with Crippen LogP contribution in [0.3, 0.4) is 0 Å². The molecule has 2 aromatic rings. The van der Waals surface area contributed by atoms with E-state index in [-0.39, 0.29) is 29.3 Å². The Labute approximate surface area is 178 Å². The van der Waals surface area contributed by atoms with Gasteiger partial charge in [0.2, 0.25) is 0 Å². The maximum Gasteiger partial charge on any atom is 0.264 e. The summed E-state index contributed by atoms with van der Waals surface area (Å²) in [6.07, 6.45) is 3.43. The maximum atomic E-state index is 13.3. The molecule has 0 aromatic heterocycles. The van der Waals surface area contributed by atoms with Crippen molar-refractivity contribution in [2.75, 3.05) is 23.9 Å².